The summed E-state index contributed by atoms with van der Waals surface area (Å²) in [5, 5.41) is 6.82. The van der Waals surface area contributed by atoms with Crippen molar-refractivity contribution in [2.24, 2.45) is 0 Å². The predicted molar refractivity (Wildman–Crippen MR) is 60.7 cm³/mol. The summed E-state index contributed by atoms with van der Waals surface area (Å²) in [4.78, 5) is 0. The van der Waals surface area contributed by atoms with Gasteiger partial charge in [-0.3, -0.25) is 0 Å². The van der Waals surface area contributed by atoms with E-state index in [1.807, 2.05) is 0 Å². The summed E-state index contributed by atoms with van der Waals surface area (Å²) in [6.07, 6.45) is 4.57. The standard InChI is InChI=1S/C10H20N2O2S/c13-15(14)6-4-10(8-15)12-7-9-3-1-2-5-11-9/h9-12H,1-8H2. The van der Waals surface area contributed by atoms with Crippen LogP contribution in [0.5, 0.6) is 0 Å². The third kappa shape index (κ3) is 3.43. The smallest absolute Gasteiger partial charge is 0.151 e. The summed E-state index contributed by atoms with van der Waals surface area (Å²) in [6.45, 7) is 2.02. The van der Waals surface area contributed by atoms with Gasteiger partial charge in [0.05, 0.1) is 11.5 Å². The molecule has 2 fully saturated rings. The van der Waals surface area contributed by atoms with Gasteiger partial charge < -0.3 is 10.6 Å². The summed E-state index contributed by atoms with van der Waals surface area (Å²) < 4.78 is 22.5. The minimum atomic E-state index is -2.73. The fourth-order valence-corrected chi connectivity index (χ4v) is 4.07. The molecule has 0 aromatic carbocycles. The third-order valence-electron chi connectivity index (χ3n) is 3.30. The molecule has 2 atom stereocenters. The minimum Gasteiger partial charge on any atom is -0.313 e. The van der Waals surface area contributed by atoms with Crippen LogP contribution in [-0.2, 0) is 9.84 Å². The zero-order valence-corrected chi connectivity index (χ0v) is 9.85. The van der Waals surface area contributed by atoms with Crippen LogP contribution in [0.2, 0.25) is 0 Å². The van der Waals surface area contributed by atoms with E-state index >= 15 is 0 Å². The molecule has 0 aliphatic carbocycles. The van der Waals surface area contributed by atoms with Gasteiger partial charge in [0.2, 0.25) is 0 Å². The van der Waals surface area contributed by atoms with E-state index in [-0.39, 0.29) is 6.04 Å². The van der Waals surface area contributed by atoms with Gasteiger partial charge in [0, 0.05) is 18.6 Å². The summed E-state index contributed by atoms with van der Waals surface area (Å²) >= 11 is 0. The zero-order chi connectivity index (χ0) is 10.7. The lowest BCUT2D eigenvalue weighted by molar-refractivity contribution is 0.370. The van der Waals surface area contributed by atoms with Crippen molar-refractivity contribution < 1.29 is 8.42 Å². The number of nitrogens with one attached hydrogen (secondary N) is 2. The molecular weight excluding hydrogens is 212 g/mol. The van der Waals surface area contributed by atoms with Crippen LogP contribution < -0.4 is 10.6 Å². The van der Waals surface area contributed by atoms with E-state index in [4.69, 9.17) is 0 Å². The Bertz CT molecular complexity index is 297. The predicted octanol–water partition coefficient (Wildman–Crippen LogP) is -0.0948. The van der Waals surface area contributed by atoms with Gasteiger partial charge in [-0.1, -0.05) is 6.42 Å². The fourth-order valence-electron chi connectivity index (χ4n) is 2.36. The van der Waals surface area contributed by atoms with E-state index in [1.165, 1.54) is 19.3 Å². The molecule has 2 rings (SSSR count). The number of piperidine rings is 1. The molecule has 4 nitrogen and oxygen atoms in total. The first kappa shape index (κ1) is 11.4. The molecule has 2 heterocycles. The van der Waals surface area contributed by atoms with Gasteiger partial charge in [-0.05, 0) is 25.8 Å². The summed E-state index contributed by atoms with van der Waals surface area (Å²) in [7, 11) is -2.73. The highest BCUT2D eigenvalue weighted by atomic mass is 32.2. The average molecular weight is 232 g/mol. The lowest BCUT2D eigenvalue weighted by atomic mass is 10.0. The number of sulfone groups is 1. The van der Waals surface area contributed by atoms with Crippen LogP contribution in [0.25, 0.3) is 0 Å². The van der Waals surface area contributed by atoms with Gasteiger partial charge in [-0.2, -0.15) is 0 Å². The van der Waals surface area contributed by atoms with Crippen LogP contribution in [-0.4, -0.2) is 45.1 Å². The lowest BCUT2D eigenvalue weighted by Gasteiger charge is -2.25. The van der Waals surface area contributed by atoms with E-state index in [9.17, 15) is 8.42 Å². The Hall–Kier alpha value is -0.130. The first-order chi connectivity index (χ1) is 7.16. The van der Waals surface area contributed by atoms with Crippen LogP contribution in [0.1, 0.15) is 25.7 Å². The van der Waals surface area contributed by atoms with Crippen LogP contribution in [0.4, 0.5) is 0 Å². The van der Waals surface area contributed by atoms with Crippen molar-refractivity contribution in [1.29, 1.82) is 0 Å². The molecule has 2 unspecified atom stereocenters. The van der Waals surface area contributed by atoms with Gasteiger partial charge in [-0.25, -0.2) is 8.42 Å². The van der Waals surface area contributed by atoms with Gasteiger partial charge in [-0.15, -0.1) is 0 Å². The van der Waals surface area contributed by atoms with Gasteiger partial charge >= 0.3 is 0 Å². The first-order valence-corrected chi connectivity index (χ1v) is 7.65. The van der Waals surface area contributed by atoms with Crippen LogP contribution in [0, 0.1) is 0 Å². The highest BCUT2D eigenvalue weighted by Gasteiger charge is 2.27. The summed E-state index contributed by atoms with van der Waals surface area (Å²) in [5.74, 6) is 0.697. The molecule has 88 valence electrons. The SMILES string of the molecule is O=S1(=O)CCC(NCC2CCCCN2)C1. The van der Waals surface area contributed by atoms with Gasteiger partial charge in [0.15, 0.2) is 9.84 Å². The summed E-state index contributed by atoms with van der Waals surface area (Å²) in [5.41, 5.74) is 0. The molecule has 0 saturated carbocycles. The van der Waals surface area contributed by atoms with Crippen molar-refractivity contribution in [3.63, 3.8) is 0 Å². The van der Waals surface area contributed by atoms with E-state index in [0.717, 1.165) is 19.5 Å². The second-order valence-corrected chi connectivity index (χ2v) is 6.88. The van der Waals surface area contributed by atoms with Crippen molar-refractivity contribution >= 4 is 9.84 Å². The molecule has 0 radical (unpaired) electrons. The number of hydrogen-bond acceptors (Lipinski definition) is 4. The van der Waals surface area contributed by atoms with Gasteiger partial charge in [0.1, 0.15) is 0 Å². The molecule has 0 aromatic heterocycles. The van der Waals surface area contributed by atoms with E-state index < -0.39 is 9.84 Å². The van der Waals surface area contributed by atoms with E-state index in [2.05, 4.69) is 10.6 Å². The van der Waals surface area contributed by atoms with Crippen LogP contribution >= 0.6 is 0 Å². The monoisotopic (exact) mass is 232 g/mol. The first-order valence-electron chi connectivity index (χ1n) is 5.83. The highest BCUT2D eigenvalue weighted by molar-refractivity contribution is 7.91. The quantitative estimate of drug-likeness (QED) is 0.714. The van der Waals surface area contributed by atoms with Crippen molar-refractivity contribution in [3.05, 3.63) is 0 Å². The third-order valence-corrected chi connectivity index (χ3v) is 5.07. The van der Waals surface area contributed by atoms with E-state index in [0.29, 0.717) is 17.5 Å². The molecule has 5 heteroatoms. The van der Waals surface area contributed by atoms with Crippen molar-refractivity contribution in [2.75, 3.05) is 24.6 Å². The Morgan fingerprint density at radius 2 is 2.13 bits per heavy atom. The van der Waals surface area contributed by atoms with Crippen molar-refractivity contribution in [1.82, 2.24) is 10.6 Å². The molecule has 0 amide bonds. The second-order valence-electron chi connectivity index (χ2n) is 4.66. The Morgan fingerprint density at radius 3 is 2.73 bits per heavy atom. The molecule has 2 aliphatic heterocycles. The summed E-state index contributed by atoms with van der Waals surface area (Å²) in [6, 6.07) is 0.737. The molecule has 2 aliphatic rings. The molecule has 2 saturated heterocycles. The molecule has 0 spiro atoms. The number of hydrogen-bond donors (Lipinski definition) is 2. The Balaban J connectivity index is 1.70. The Morgan fingerprint density at radius 1 is 1.27 bits per heavy atom. The van der Waals surface area contributed by atoms with Crippen molar-refractivity contribution in [2.45, 2.75) is 37.8 Å². The van der Waals surface area contributed by atoms with Crippen LogP contribution in [0.3, 0.4) is 0 Å². The van der Waals surface area contributed by atoms with Crippen LogP contribution in [0.15, 0.2) is 0 Å². The Kier molecular flexibility index (Phi) is 3.64. The largest absolute Gasteiger partial charge is 0.313 e. The Labute approximate surface area is 91.7 Å². The number of rotatable bonds is 3. The maximum atomic E-state index is 11.2. The fraction of sp³-hybridized carbons (Fsp3) is 1.00. The zero-order valence-electron chi connectivity index (χ0n) is 9.04. The van der Waals surface area contributed by atoms with Crippen molar-refractivity contribution in [3.8, 4) is 0 Å². The minimum absolute atomic E-state index is 0.193. The lowest BCUT2D eigenvalue weighted by Crippen LogP contribution is -2.45. The average Bonchev–Trinajstić information content (AvgIpc) is 2.57. The molecule has 2 N–H and O–H groups in total. The van der Waals surface area contributed by atoms with Gasteiger partial charge in [0.25, 0.3) is 0 Å². The normalized spacial score (nSPS) is 35.5. The highest BCUT2D eigenvalue weighted by Crippen LogP contribution is 2.12. The maximum absolute atomic E-state index is 11.2. The molecule has 15 heavy (non-hydrogen) atoms. The second kappa shape index (κ2) is 4.80. The van der Waals surface area contributed by atoms with E-state index in [1.54, 1.807) is 0 Å². The molecule has 0 bridgehead atoms. The molecular formula is C10H20N2O2S. The maximum Gasteiger partial charge on any atom is 0.151 e. The molecule has 0 aromatic rings. The topological polar surface area (TPSA) is 58.2 Å².